The highest BCUT2D eigenvalue weighted by Crippen LogP contribution is 2.29. The van der Waals surface area contributed by atoms with Crippen molar-refractivity contribution in [2.75, 3.05) is 5.32 Å². The summed E-state index contributed by atoms with van der Waals surface area (Å²) in [7, 11) is 0. The maximum atomic E-state index is 12.4. The fourth-order valence-corrected chi connectivity index (χ4v) is 4.05. The number of thiazole rings is 1. The summed E-state index contributed by atoms with van der Waals surface area (Å²) in [4.78, 5) is 21.3. The first kappa shape index (κ1) is 21.7. The van der Waals surface area contributed by atoms with Gasteiger partial charge in [-0.25, -0.2) is 4.98 Å². The van der Waals surface area contributed by atoms with Crippen molar-refractivity contribution >= 4 is 29.0 Å². The molecule has 0 bridgehead atoms. The SMILES string of the molecule is CC(C)(C)c1ccc(/C=C/C(=O)Nc2cccc(-c3csc(-c4cccnc4)n3)c2)cc1. The van der Waals surface area contributed by atoms with Crippen molar-refractivity contribution in [2.24, 2.45) is 0 Å². The highest BCUT2D eigenvalue weighted by molar-refractivity contribution is 7.13. The number of nitrogens with one attached hydrogen (secondary N) is 1. The van der Waals surface area contributed by atoms with E-state index in [1.807, 2.05) is 66.2 Å². The predicted octanol–water partition coefficient (Wildman–Crippen LogP) is 6.82. The van der Waals surface area contributed by atoms with Crippen LogP contribution in [-0.4, -0.2) is 15.9 Å². The number of rotatable bonds is 5. The van der Waals surface area contributed by atoms with Crippen LogP contribution >= 0.6 is 11.3 Å². The molecule has 160 valence electrons. The van der Waals surface area contributed by atoms with Gasteiger partial charge in [-0.05, 0) is 46.9 Å². The van der Waals surface area contributed by atoms with Crippen LogP contribution in [0.15, 0.2) is 84.5 Å². The molecule has 0 spiro atoms. The molecule has 2 aromatic carbocycles. The second-order valence-electron chi connectivity index (χ2n) is 8.55. The van der Waals surface area contributed by atoms with Crippen LogP contribution in [0.1, 0.15) is 31.9 Å². The van der Waals surface area contributed by atoms with E-state index >= 15 is 0 Å². The van der Waals surface area contributed by atoms with Crippen molar-refractivity contribution in [2.45, 2.75) is 26.2 Å². The first-order valence-corrected chi connectivity index (χ1v) is 11.3. The summed E-state index contributed by atoms with van der Waals surface area (Å²) in [6.45, 7) is 6.56. The summed E-state index contributed by atoms with van der Waals surface area (Å²) in [5, 5.41) is 5.87. The van der Waals surface area contributed by atoms with Gasteiger partial charge in [0.05, 0.1) is 5.69 Å². The third-order valence-corrected chi connectivity index (χ3v) is 5.93. The summed E-state index contributed by atoms with van der Waals surface area (Å²) in [6.07, 6.45) is 6.94. The minimum atomic E-state index is -0.170. The number of hydrogen-bond donors (Lipinski definition) is 1. The molecule has 0 unspecified atom stereocenters. The van der Waals surface area contributed by atoms with Crippen LogP contribution in [-0.2, 0) is 10.2 Å². The van der Waals surface area contributed by atoms with E-state index in [9.17, 15) is 4.79 Å². The molecule has 0 radical (unpaired) electrons. The van der Waals surface area contributed by atoms with Crippen molar-refractivity contribution < 1.29 is 4.79 Å². The maximum Gasteiger partial charge on any atom is 0.248 e. The van der Waals surface area contributed by atoms with Gasteiger partial charge in [-0.3, -0.25) is 9.78 Å². The summed E-state index contributed by atoms with van der Waals surface area (Å²) in [5.74, 6) is -0.170. The van der Waals surface area contributed by atoms with Crippen molar-refractivity contribution in [3.05, 3.63) is 95.6 Å². The highest BCUT2D eigenvalue weighted by Gasteiger charge is 2.12. The van der Waals surface area contributed by atoms with Gasteiger partial charge in [0.1, 0.15) is 5.01 Å². The predicted molar refractivity (Wildman–Crippen MR) is 134 cm³/mol. The van der Waals surface area contributed by atoms with Gasteiger partial charge in [-0.2, -0.15) is 0 Å². The number of anilines is 1. The smallest absolute Gasteiger partial charge is 0.248 e. The Bertz CT molecular complexity index is 1240. The van der Waals surface area contributed by atoms with Gasteiger partial charge in [0.15, 0.2) is 0 Å². The van der Waals surface area contributed by atoms with Crippen LogP contribution in [0.5, 0.6) is 0 Å². The lowest BCUT2D eigenvalue weighted by Gasteiger charge is -2.18. The van der Waals surface area contributed by atoms with Gasteiger partial charge in [0, 0.05) is 40.7 Å². The molecule has 5 heteroatoms. The third kappa shape index (κ3) is 5.37. The Balaban J connectivity index is 1.43. The first-order chi connectivity index (χ1) is 15.4. The van der Waals surface area contributed by atoms with Crippen molar-refractivity contribution in [1.29, 1.82) is 0 Å². The topological polar surface area (TPSA) is 54.9 Å². The molecule has 4 aromatic rings. The first-order valence-electron chi connectivity index (χ1n) is 10.4. The van der Waals surface area contributed by atoms with Crippen LogP contribution in [0.2, 0.25) is 0 Å². The third-order valence-electron chi connectivity index (χ3n) is 5.04. The zero-order chi connectivity index (χ0) is 22.6. The normalized spacial score (nSPS) is 11.6. The number of hydrogen-bond acceptors (Lipinski definition) is 4. The van der Waals surface area contributed by atoms with Gasteiger partial charge in [-0.1, -0.05) is 57.2 Å². The molecule has 2 heterocycles. The van der Waals surface area contributed by atoms with E-state index in [1.54, 1.807) is 23.6 Å². The number of amides is 1. The summed E-state index contributed by atoms with van der Waals surface area (Å²) < 4.78 is 0. The van der Waals surface area contributed by atoms with E-state index in [1.165, 1.54) is 5.56 Å². The van der Waals surface area contributed by atoms with E-state index in [4.69, 9.17) is 4.98 Å². The highest BCUT2D eigenvalue weighted by atomic mass is 32.1. The zero-order valence-corrected chi connectivity index (χ0v) is 19.2. The van der Waals surface area contributed by atoms with Crippen LogP contribution in [0.3, 0.4) is 0 Å². The Morgan fingerprint density at radius 3 is 2.50 bits per heavy atom. The minimum Gasteiger partial charge on any atom is -0.322 e. The number of aromatic nitrogens is 2. The number of pyridine rings is 1. The lowest BCUT2D eigenvalue weighted by molar-refractivity contribution is -0.111. The molecule has 4 nitrogen and oxygen atoms in total. The van der Waals surface area contributed by atoms with Crippen molar-refractivity contribution in [1.82, 2.24) is 9.97 Å². The Morgan fingerprint density at radius 2 is 1.78 bits per heavy atom. The molecule has 0 fully saturated rings. The standard InChI is InChI=1S/C27H25N3OS/c1-27(2,3)22-12-9-19(10-13-22)11-14-25(31)29-23-8-4-6-20(16-23)24-18-32-26(30-24)21-7-5-15-28-17-21/h4-18H,1-3H3,(H,29,31)/b14-11+. The van der Waals surface area contributed by atoms with E-state index in [2.05, 4.69) is 43.2 Å². The quantitative estimate of drug-likeness (QED) is 0.347. The molecule has 0 aliphatic heterocycles. The average molecular weight is 440 g/mol. The summed E-state index contributed by atoms with van der Waals surface area (Å²) in [6, 6.07) is 19.9. The number of benzene rings is 2. The van der Waals surface area contributed by atoms with Gasteiger partial charge < -0.3 is 5.32 Å². The van der Waals surface area contributed by atoms with Crippen LogP contribution in [0.4, 0.5) is 5.69 Å². The second-order valence-corrected chi connectivity index (χ2v) is 9.41. The number of carbonyl (C=O) groups is 1. The molecular formula is C27H25N3OS. The fourth-order valence-electron chi connectivity index (χ4n) is 3.23. The molecule has 0 saturated heterocycles. The van der Waals surface area contributed by atoms with Crippen LogP contribution in [0, 0.1) is 0 Å². The molecule has 1 N–H and O–H groups in total. The van der Waals surface area contributed by atoms with Crippen LogP contribution in [0.25, 0.3) is 27.9 Å². The van der Waals surface area contributed by atoms with Crippen molar-refractivity contribution in [3.63, 3.8) is 0 Å². The molecule has 4 rings (SSSR count). The molecule has 0 aliphatic carbocycles. The van der Waals surface area contributed by atoms with Gasteiger partial charge in [-0.15, -0.1) is 11.3 Å². The maximum absolute atomic E-state index is 12.4. The van der Waals surface area contributed by atoms with Gasteiger partial charge in [0.2, 0.25) is 5.91 Å². The second kappa shape index (κ2) is 9.28. The number of carbonyl (C=O) groups excluding carboxylic acids is 1. The molecule has 1 amide bonds. The summed E-state index contributed by atoms with van der Waals surface area (Å²) in [5.41, 5.74) is 5.93. The van der Waals surface area contributed by atoms with Crippen LogP contribution < -0.4 is 5.32 Å². The Kier molecular flexibility index (Phi) is 6.28. The molecule has 0 atom stereocenters. The van der Waals surface area contributed by atoms with E-state index in [-0.39, 0.29) is 11.3 Å². The van der Waals surface area contributed by atoms with Crippen molar-refractivity contribution in [3.8, 4) is 21.8 Å². The Labute approximate surface area is 192 Å². The molecule has 0 aliphatic rings. The molecule has 0 saturated carbocycles. The van der Waals surface area contributed by atoms with E-state index < -0.39 is 0 Å². The Hall–Kier alpha value is -3.57. The van der Waals surface area contributed by atoms with Gasteiger partial charge >= 0.3 is 0 Å². The van der Waals surface area contributed by atoms with Gasteiger partial charge in [0.25, 0.3) is 0 Å². The molecule has 32 heavy (non-hydrogen) atoms. The zero-order valence-electron chi connectivity index (χ0n) is 18.4. The summed E-state index contributed by atoms with van der Waals surface area (Å²) >= 11 is 1.58. The average Bonchev–Trinajstić information content (AvgIpc) is 3.29. The number of nitrogens with zero attached hydrogens (tertiary/aromatic N) is 2. The lowest BCUT2D eigenvalue weighted by atomic mass is 9.87. The van der Waals surface area contributed by atoms with E-state index in [0.717, 1.165) is 33.1 Å². The van der Waals surface area contributed by atoms with E-state index in [0.29, 0.717) is 0 Å². The largest absolute Gasteiger partial charge is 0.322 e. The fraction of sp³-hybridized carbons (Fsp3) is 0.148. The monoisotopic (exact) mass is 439 g/mol. The minimum absolute atomic E-state index is 0.112. The lowest BCUT2D eigenvalue weighted by Crippen LogP contribution is -2.10. The molecular weight excluding hydrogens is 414 g/mol. The Morgan fingerprint density at radius 1 is 1.00 bits per heavy atom. The molecule has 2 aromatic heterocycles.